The lowest BCUT2D eigenvalue weighted by Gasteiger charge is -2.32. The maximum absolute atomic E-state index is 13.3. The Labute approximate surface area is 181 Å². The molecule has 2 aromatic rings. The van der Waals surface area contributed by atoms with E-state index in [1.165, 1.54) is 15.4 Å². The first-order valence-electron chi connectivity index (χ1n) is 10.4. The van der Waals surface area contributed by atoms with Crippen LogP contribution >= 0.6 is 0 Å². The molecule has 0 aliphatic heterocycles. The first-order valence-corrected chi connectivity index (χ1v) is 12.3. The van der Waals surface area contributed by atoms with E-state index in [1.54, 1.807) is 6.07 Å². The van der Waals surface area contributed by atoms with Gasteiger partial charge in [-0.2, -0.15) is 0 Å². The summed E-state index contributed by atoms with van der Waals surface area (Å²) >= 11 is 0. The highest BCUT2D eigenvalue weighted by molar-refractivity contribution is 7.92. The Morgan fingerprint density at radius 3 is 1.93 bits per heavy atom. The average molecular weight is 431 g/mol. The number of rotatable bonds is 8. The van der Waals surface area contributed by atoms with Crippen LogP contribution in [0.5, 0.6) is 0 Å². The molecular formula is C24H34N2O3S. The second kappa shape index (κ2) is 9.65. The number of hydrogen-bond acceptors (Lipinski definition) is 3. The van der Waals surface area contributed by atoms with Gasteiger partial charge in [0.25, 0.3) is 0 Å². The van der Waals surface area contributed by atoms with Crippen LogP contribution < -0.4 is 9.62 Å². The molecule has 1 amide bonds. The number of nitrogens with zero attached hydrogens (tertiary/aromatic N) is 1. The van der Waals surface area contributed by atoms with E-state index in [4.69, 9.17) is 0 Å². The van der Waals surface area contributed by atoms with Crippen LogP contribution in [0.25, 0.3) is 0 Å². The molecular weight excluding hydrogens is 396 g/mol. The molecule has 0 saturated heterocycles. The highest BCUT2D eigenvalue weighted by atomic mass is 32.2. The lowest BCUT2D eigenvalue weighted by atomic mass is 9.99. The van der Waals surface area contributed by atoms with Gasteiger partial charge in [0.2, 0.25) is 15.9 Å². The van der Waals surface area contributed by atoms with Crippen LogP contribution in [0.15, 0.2) is 36.4 Å². The molecule has 0 aromatic heterocycles. The standard InChI is InChI=1S/C24H34N2O3S/c1-8-22(20-12-10-16(3)18(5)14-20)25-24(27)23(9-2)26(30(7,28)29)21-13-11-17(4)19(6)15-21/h10-15,22-23H,8-9H2,1-7H3,(H,25,27)/t22-,23+/m0/s1. The topological polar surface area (TPSA) is 66.5 Å². The van der Waals surface area contributed by atoms with Crippen LogP contribution in [0.1, 0.15) is 60.5 Å². The van der Waals surface area contributed by atoms with Crippen molar-refractivity contribution in [2.24, 2.45) is 0 Å². The molecule has 5 nitrogen and oxygen atoms in total. The molecule has 0 heterocycles. The Morgan fingerprint density at radius 2 is 1.47 bits per heavy atom. The van der Waals surface area contributed by atoms with Crippen molar-refractivity contribution in [1.82, 2.24) is 5.32 Å². The second-order valence-corrected chi connectivity index (χ2v) is 9.92. The van der Waals surface area contributed by atoms with Crippen molar-refractivity contribution < 1.29 is 13.2 Å². The van der Waals surface area contributed by atoms with Gasteiger partial charge in [-0.3, -0.25) is 9.10 Å². The van der Waals surface area contributed by atoms with E-state index in [0.29, 0.717) is 18.5 Å². The second-order valence-electron chi connectivity index (χ2n) is 8.06. The summed E-state index contributed by atoms with van der Waals surface area (Å²) in [5.41, 5.74) is 5.97. The van der Waals surface area contributed by atoms with E-state index in [0.717, 1.165) is 22.9 Å². The Bertz CT molecular complexity index is 1020. The van der Waals surface area contributed by atoms with Gasteiger partial charge >= 0.3 is 0 Å². The van der Waals surface area contributed by atoms with Crippen molar-refractivity contribution in [3.05, 3.63) is 64.2 Å². The normalized spacial score (nSPS) is 13.6. The quantitative estimate of drug-likeness (QED) is 0.658. The molecule has 0 unspecified atom stereocenters. The van der Waals surface area contributed by atoms with E-state index in [-0.39, 0.29) is 11.9 Å². The zero-order valence-electron chi connectivity index (χ0n) is 19.1. The van der Waals surface area contributed by atoms with Gasteiger partial charge < -0.3 is 5.32 Å². The Morgan fingerprint density at radius 1 is 0.900 bits per heavy atom. The third-order valence-corrected chi connectivity index (χ3v) is 6.91. The zero-order valence-corrected chi connectivity index (χ0v) is 19.9. The number of benzene rings is 2. The third-order valence-electron chi connectivity index (χ3n) is 5.73. The van der Waals surface area contributed by atoms with Crippen molar-refractivity contribution in [3.8, 4) is 0 Å². The maximum atomic E-state index is 13.3. The first-order chi connectivity index (χ1) is 14.0. The van der Waals surface area contributed by atoms with Gasteiger partial charge in [0.1, 0.15) is 6.04 Å². The van der Waals surface area contributed by atoms with Gasteiger partial charge in [-0.05, 0) is 80.5 Å². The van der Waals surface area contributed by atoms with Crippen molar-refractivity contribution in [2.45, 2.75) is 66.5 Å². The third kappa shape index (κ3) is 5.42. The van der Waals surface area contributed by atoms with Crippen molar-refractivity contribution in [1.29, 1.82) is 0 Å². The Hall–Kier alpha value is -2.34. The molecule has 1 N–H and O–H groups in total. The first kappa shape index (κ1) is 23.9. The largest absolute Gasteiger partial charge is 0.347 e. The fraction of sp³-hybridized carbons (Fsp3) is 0.458. The zero-order chi connectivity index (χ0) is 22.6. The summed E-state index contributed by atoms with van der Waals surface area (Å²) in [6.45, 7) is 11.9. The van der Waals surface area contributed by atoms with Crippen molar-refractivity contribution in [3.63, 3.8) is 0 Å². The summed E-state index contributed by atoms with van der Waals surface area (Å²) in [4.78, 5) is 13.3. The summed E-state index contributed by atoms with van der Waals surface area (Å²) < 4.78 is 26.6. The number of carbonyl (C=O) groups excluding carboxylic acids is 1. The van der Waals surface area contributed by atoms with Crippen LogP contribution in [-0.4, -0.2) is 26.6 Å². The van der Waals surface area contributed by atoms with Gasteiger partial charge in [-0.1, -0.05) is 38.1 Å². The smallest absolute Gasteiger partial charge is 0.244 e. The number of carbonyl (C=O) groups is 1. The minimum Gasteiger partial charge on any atom is -0.347 e. The molecule has 6 heteroatoms. The summed E-state index contributed by atoms with van der Waals surface area (Å²) in [6, 6.07) is 10.6. The number of sulfonamides is 1. The molecule has 164 valence electrons. The molecule has 30 heavy (non-hydrogen) atoms. The van der Waals surface area contributed by atoms with Gasteiger partial charge in [0.05, 0.1) is 18.0 Å². The van der Waals surface area contributed by atoms with Gasteiger partial charge in [-0.25, -0.2) is 8.42 Å². The number of nitrogens with one attached hydrogen (secondary N) is 1. The number of amides is 1. The summed E-state index contributed by atoms with van der Waals surface area (Å²) in [6.07, 6.45) is 2.24. The number of aryl methyl sites for hydroxylation is 4. The number of anilines is 1. The summed E-state index contributed by atoms with van der Waals surface area (Å²) in [5.74, 6) is -0.286. The fourth-order valence-corrected chi connectivity index (χ4v) is 4.80. The SMILES string of the molecule is CC[C@H](NC(=O)[C@@H](CC)N(c1ccc(C)c(C)c1)S(C)(=O)=O)c1ccc(C)c(C)c1. The minimum atomic E-state index is -3.65. The van der Waals surface area contributed by atoms with Crippen molar-refractivity contribution >= 4 is 21.6 Å². The molecule has 2 rings (SSSR count). The predicted octanol–water partition coefficient (Wildman–Crippen LogP) is 4.73. The van der Waals surface area contributed by atoms with Gasteiger partial charge in [0, 0.05) is 0 Å². The highest BCUT2D eigenvalue weighted by Gasteiger charge is 2.32. The van der Waals surface area contributed by atoms with Crippen LogP contribution in [0.4, 0.5) is 5.69 Å². The minimum absolute atomic E-state index is 0.174. The molecule has 0 aliphatic carbocycles. The fourth-order valence-electron chi connectivity index (χ4n) is 3.59. The summed E-state index contributed by atoms with van der Waals surface area (Å²) in [5, 5.41) is 3.08. The monoisotopic (exact) mass is 430 g/mol. The molecule has 0 bridgehead atoms. The molecule has 2 atom stereocenters. The van der Waals surface area contributed by atoms with E-state index in [1.807, 2.05) is 52.8 Å². The average Bonchev–Trinajstić information content (AvgIpc) is 2.67. The van der Waals surface area contributed by atoms with E-state index < -0.39 is 16.1 Å². The Kier molecular flexibility index (Phi) is 7.70. The molecule has 0 spiro atoms. The van der Waals surface area contributed by atoms with Gasteiger partial charge in [-0.15, -0.1) is 0 Å². The van der Waals surface area contributed by atoms with Crippen LogP contribution in [0.3, 0.4) is 0 Å². The lowest BCUT2D eigenvalue weighted by molar-refractivity contribution is -0.123. The molecule has 0 fully saturated rings. The number of hydrogen-bond donors (Lipinski definition) is 1. The van der Waals surface area contributed by atoms with Crippen LogP contribution in [0.2, 0.25) is 0 Å². The highest BCUT2D eigenvalue weighted by Crippen LogP contribution is 2.26. The van der Waals surface area contributed by atoms with E-state index >= 15 is 0 Å². The van der Waals surface area contributed by atoms with Gasteiger partial charge in [0.15, 0.2) is 0 Å². The molecule has 2 aromatic carbocycles. The molecule has 0 aliphatic rings. The summed E-state index contributed by atoms with van der Waals surface area (Å²) in [7, 11) is -3.65. The van der Waals surface area contributed by atoms with E-state index in [9.17, 15) is 13.2 Å². The molecule has 0 saturated carbocycles. The van der Waals surface area contributed by atoms with E-state index in [2.05, 4.69) is 24.4 Å². The maximum Gasteiger partial charge on any atom is 0.244 e. The van der Waals surface area contributed by atoms with Crippen LogP contribution in [-0.2, 0) is 14.8 Å². The van der Waals surface area contributed by atoms with Crippen LogP contribution in [0, 0.1) is 27.7 Å². The predicted molar refractivity (Wildman–Crippen MR) is 124 cm³/mol. The Balaban J connectivity index is 2.39. The van der Waals surface area contributed by atoms with Crippen molar-refractivity contribution in [2.75, 3.05) is 10.6 Å². The molecule has 0 radical (unpaired) electrons. The lowest BCUT2D eigenvalue weighted by Crippen LogP contribution is -2.50.